The van der Waals surface area contributed by atoms with E-state index in [0.29, 0.717) is 0 Å². The molecule has 2 rings (SSSR count). The predicted octanol–water partition coefficient (Wildman–Crippen LogP) is 2.93. The maximum Gasteiger partial charge on any atom is 0.241 e. The number of hydrogen-bond donors (Lipinski definition) is 1. The first-order valence-corrected chi connectivity index (χ1v) is 5.73. The molecule has 0 saturated carbocycles. The lowest BCUT2D eigenvalue weighted by Crippen LogP contribution is -2.34. The van der Waals surface area contributed by atoms with Gasteiger partial charge in [-0.1, -0.05) is 29.5 Å². The van der Waals surface area contributed by atoms with Crippen LogP contribution in [0.15, 0.2) is 34.5 Å². The van der Waals surface area contributed by atoms with Gasteiger partial charge in [-0.2, -0.15) is 4.57 Å². The molecule has 1 heterocycles. The fourth-order valence-electron chi connectivity index (χ4n) is 1.54. The second kappa shape index (κ2) is 3.75. The zero-order valence-electron chi connectivity index (χ0n) is 8.19. The van der Waals surface area contributed by atoms with E-state index in [9.17, 15) is 0 Å². The summed E-state index contributed by atoms with van der Waals surface area (Å²) in [6.07, 6.45) is 0. The maximum atomic E-state index is 4.44. The van der Waals surface area contributed by atoms with Crippen molar-refractivity contribution in [2.24, 2.45) is 0 Å². The van der Waals surface area contributed by atoms with Gasteiger partial charge in [-0.05, 0) is 0 Å². The predicted molar refractivity (Wildman–Crippen MR) is 62.6 cm³/mol. The largest absolute Gasteiger partial charge is 0.241 e. The van der Waals surface area contributed by atoms with Crippen molar-refractivity contribution in [1.82, 2.24) is 0 Å². The van der Waals surface area contributed by atoms with Crippen LogP contribution in [-0.2, 0) is 0 Å². The number of aryl methyl sites for hydroxylation is 1. The molecule has 0 aliphatic carbocycles. The molecule has 0 unspecified atom stereocenters. The minimum absolute atomic E-state index is 1.09. The lowest BCUT2D eigenvalue weighted by molar-refractivity contribution is -0.605. The van der Waals surface area contributed by atoms with Gasteiger partial charge < -0.3 is 0 Å². The van der Waals surface area contributed by atoms with Gasteiger partial charge in [0.15, 0.2) is 0 Å². The lowest BCUT2D eigenvalue weighted by atomic mass is 10.3. The van der Waals surface area contributed by atoms with E-state index in [1.807, 2.05) is 6.07 Å². The molecular formula is C11H12NS2+. The molecule has 0 saturated heterocycles. The number of para-hydroxylation sites is 1. The summed E-state index contributed by atoms with van der Waals surface area (Å²) in [5.41, 5.74) is 2.42. The van der Waals surface area contributed by atoms with Gasteiger partial charge in [0.1, 0.15) is 4.21 Å². The van der Waals surface area contributed by atoms with Gasteiger partial charge in [-0.25, -0.2) is 0 Å². The summed E-state index contributed by atoms with van der Waals surface area (Å²) in [7, 11) is 0. The highest BCUT2D eigenvalue weighted by Gasteiger charge is 2.19. The van der Waals surface area contributed by atoms with Gasteiger partial charge in [0.05, 0.1) is 0 Å². The Hall–Kier alpha value is -0.800. The summed E-state index contributed by atoms with van der Waals surface area (Å²) < 4.78 is 3.32. The van der Waals surface area contributed by atoms with Gasteiger partial charge in [0, 0.05) is 26.0 Å². The molecular weight excluding hydrogens is 210 g/mol. The van der Waals surface area contributed by atoms with Crippen LogP contribution in [0.5, 0.6) is 0 Å². The van der Waals surface area contributed by atoms with E-state index in [1.165, 1.54) is 16.4 Å². The Kier molecular flexibility index (Phi) is 2.61. The van der Waals surface area contributed by atoms with Gasteiger partial charge in [0.2, 0.25) is 16.4 Å². The van der Waals surface area contributed by atoms with Gasteiger partial charge in [0.25, 0.3) is 0 Å². The van der Waals surface area contributed by atoms with Crippen LogP contribution in [0.2, 0.25) is 0 Å². The standard InChI is InChI=1S/C11H11NS2/c1-8-11(13)14-9(2)12(8)10-6-4-3-5-7-10/h3-7H,1-2H3/p+1. The highest BCUT2D eigenvalue weighted by Crippen LogP contribution is 2.21. The van der Waals surface area contributed by atoms with E-state index in [0.717, 1.165) is 4.21 Å². The third-order valence-electron chi connectivity index (χ3n) is 2.22. The van der Waals surface area contributed by atoms with E-state index < -0.39 is 0 Å². The fraction of sp³-hybridized carbons (Fsp3) is 0.182. The van der Waals surface area contributed by atoms with Crippen LogP contribution in [0.3, 0.4) is 0 Å². The van der Waals surface area contributed by atoms with Gasteiger partial charge in [-0.15, -0.1) is 12.6 Å². The number of nitrogens with zero attached hydrogens (tertiary/aromatic N) is 1. The average Bonchev–Trinajstić information content (AvgIpc) is 2.43. The second-order valence-electron chi connectivity index (χ2n) is 3.18. The van der Waals surface area contributed by atoms with Crippen molar-refractivity contribution < 1.29 is 4.57 Å². The van der Waals surface area contributed by atoms with E-state index in [4.69, 9.17) is 0 Å². The molecule has 14 heavy (non-hydrogen) atoms. The van der Waals surface area contributed by atoms with Crippen molar-refractivity contribution in [1.29, 1.82) is 0 Å². The molecule has 0 N–H and O–H groups in total. The zero-order valence-corrected chi connectivity index (χ0v) is 9.90. The summed E-state index contributed by atoms with van der Waals surface area (Å²) >= 11 is 6.15. The number of thiol groups is 1. The summed E-state index contributed by atoms with van der Waals surface area (Å²) in [5.74, 6) is 0. The molecule has 0 bridgehead atoms. The second-order valence-corrected chi connectivity index (χ2v) is 5.14. The van der Waals surface area contributed by atoms with Gasteiger partial charge in [-0.3, -0.25) is 0 Å². The molecule has 0 aliphatic heterocycles. The Morgan fingerprint density at radius 2 is 1.79 bits per heavy atom. The Labute approximate surface area is 93.4 Å². The summed E-state index contributed by atoms with van der Waals surface area (Å²) in [5, 5.41) is 1.26. The fourth-order valence-corrected chi connectivity index (χ4v) is 2.89. The highest BCUT2D eigenvalue weighted by molar-refractivity contribution is 7.82. The van der Waals surface area contributed by atoms with E-state index >= 15 is 0 Å². The number of rotatable bonds is 1. The SMILES string of the molecule is Cc1sc(S)c(C)[n+]1-c1ccccc1. The average molecular weight is 222 g/mol. The van der Waals surface area contributed by atoms with E-state index in [-0.39, 0.29) is 0 Å². The molecule has 0 aliphatic rings. The summed E-state index contributed by atoms with van der Waals surface area (Å²) in [4.78, 5) is 0. The first-order valence-electron chi connectivity index (χ1n) is 4.46. The van der Waals surface area contributed by atoms with Crippen LogP contribution in [0, 0.1) is 13.8 Å². The van der Waals surface area contributed by atoms with Crippen molar-refractivity contribution in [2.75, 3.05) is 0 Å². The minimum atomic E-state index is 1.09. The topological polar surface area (TPSA) is 3.88 Å². The number of aromatic nitrogens is 1. The zero-order chi connectivity index (χ0) is 10.1. The number of thiazole rings is 1. The third-order valence-corrected chi connectivity index (χ3v) is 3.78. The van der Waals surface area contributed by atoms with Crippen molar-refractivity contribution in [3.8, 4) is 5.69 Å². The Balaban J connectivity index is 2.62. The number of hydrogen-bond acceptors (Lipinski definition) is 2. The molecule has 0 atom stereocenters. The molecule has 0 radical (unpaired) electrons. The van der Waals surface area contributed by atoms with E-state index in [2.05, 4.69) is 55.3 Å². The minimum Gasteiger partial charge on any atom is -0.151 e. The smallest absolute Gasteiger partial charge is 0.151 e. The molecule has 1 aromatic heterocycles. The van der Waals surface area contributed by atoms with Crippen molar-refractivity contribution in [3.05, 3.63) is 41.0 Å². The van der Waals surface area contributed by atoms with Crippen LogP contribution in [0.25, 0.3) is 5.69 Å². The van der Waals surface area contributed by atoms with Crippen LogP contribution in [-0.4, -0.2) is 0 Å². The molecule has 0 amide bonds. The Morgan fingerprint density at radius 1 is 1.14 bits per heavy atom. The third kappa shape index (κ3) is 1.57. The van der Waals surface area contributed by atoms with E-state index in [1.54, 1.807) is 11.3 Å². The molecule has 0 spiro atoms. The van der Waals surface area contributed by atoms with Crippen molar-refractivity contribution in [2.45, 2.75) is 18.1 Å². The Bertz CT molecular complexity index is 446. The van der Waals surface area contributed by atoms with Crippen LogP contribution in [0.4, 0.5) is 0 Å². The monoisotopic (exact) mass is 222 g/mol. The molecule has 3 heteroatoms. The number of benzene rings is 1. The molecule has 1 nitrogen and oxygen atoms in total. The van der Waals surface area contributed by atoms with Gasteiger partial charge >= 0.3 is 0 Å². The molecule has 72 valence electrons. The normalized spacial score (nSPS) is 10.5. The highest BCUT2D eigenvalue weighted by atomic mass is 32.2. The molecule has 0 fully saturated rings. The first kappa shape index (κ1) is 9.74. The first-order chi connectivity index (χ1) is 6.70. The maximum absolute atomic E-state index is 4.44. The van der Waals surface area contributed by atoms with Crippen molar-refractivity contribution in [3.63, 3.8) is 0 Å². The summed E-state index contributed by atoms with van der Waals surface area (Å²) in [6, 6.07) is 10.4. The Morgan fingerprint density at radius 3 is 2.29 bits per heavy atom. The van der Waals surface area contributed by atoms with Crippen molar-refractivity contribution >= 4 is 24.0 Å². The quantitative estimate of drug-likeness (QED) is 0.558. The summed E-state index contributed by atoms with van der Waals surface area (Å²) in [6.45, 7) is 4.21. The van der Waals surface area contributed by atoms with Crippen LogP contribution in [0.1, 0.15) is 10.7 Å². The van der Waals surface area contributed by atoms with Crippen LogP contribution < -0.4 is 4.57 Å². The molecule has 2 aromatic rings. The lowest BCUT2D eigenvalue weighted by Gasteiger charge is -1.94. The molecule has 1 aromatic carbocycles. The van der Waals surface area contributed by atoms with Crippen LogP contribution >= 0.6 is 24.0 Å².